The average Bonchev–Trinajstić information content (AvgIpc) is 2.23. The Kier molecular flexibility index (Phi) is 2.30. The fraction of sp³-hybridized carbons (Fsp3) is 1.00. The van der Waals surface area contributed by atoms with E-state index in [4.69, 9.17) is 0 Å². The van der Waals surface area contributed by atoms with E-state index in [0.717, 1.165) is 12.0 Å². The van der Waals surface area contributed by atoms with Gasteiger partial charge >= 0.3 is 0 Å². The average molecular weight is 166 g/mol. The summed E-state index contributed by atoms with van der Waals surface area (Å²) in [5.41, 5.74) is 0. The van der Waals surface area contributed by atoms with Crippen molar-refractivity contribution in [2.45, 2.75) is 24.1 Å². The van der Waals surface area contributed by atoms with Gasteiger partial charge in [-0.3, -0.25) is 0 Å². The van der Waals surface area contributed by atoms with Crippen LogP contribution in [0.1, 0.15) is 12.8 Å². The molecule has 0 aromatic rings. The zero-order valence-electron chi connectivity index (χ0n) is 5.21. The lowest BCUT2D eigenvalue weighted by Crippen LogP contribution is -2.29. The molecule has 54 valence electrons. The van der Waals surface area contributed by atoms with Gasteiger partial charge in [-0.05, 0) is 25.3 Å². The van der Waals surface area contributed by atoms with Crippen molar-refractivity contribution in [1.82, 2.24) is 5.32 Å². The molecule has 1 N–H and O–H groups in total. The van der Waals surface area contributed by atoms with Crippen molar-refractivity contribution in [2.24, 2.45) is 5.92 Å². The van der Waals surface area contributed by atoms with E-state index in [-0.39, 0.29) is 12.4 Å². The van der Waals surface area contributed by atoms with Crippen LogP contribution in [0, 0.1) is 5.92 Å². The minimum Gasteiger partial charge on any atom is -0.314 e. The van der Waals surface area contributed by atoms with Gasteiger partial charge in [-0.2, -0.15) is 12.6 Å². The van der Waals surface area contributed by atoms with Gasteiger partial charge in [0, 0.05) is 11.3 Å². The molecule has 0 radical (unpaired) electrons. The maximum absolute atomic E-state index is 4.46. The van der Waals surface area contributed by atoms with Gasteiger partial charge in [0.15, 0.2) is 0 Å². The third-order valence-electron chi connectivity index (χ3n) is 2.33. The van der Waals surface area contributed by atoms with E-state index in [0.29, 0.717) is 5.25 Å². The number of nitrogens with one attached hydrogen (secondary N) is 1. The first-order chi connectivity index (χ1) is 3.86. The maximum atomic E-state index is 4.46. The van der Waals surface area contributed by atoms with Crippen LogP contribution in [0.2, 0.25) is 0 Å². The van der Waals surface area contributed by atoms with Crippen molar-refractivity contribution in [1.29, 1.82) is 0 Å². The zero-order valence-corrected chi connectivity index (χ0v) is 6.92. The highest BCUT2D eigenvalue weighted by Gasteiger charge is 2.36. The van der Waals surface area contributed by atoms with E-state index in [1.165, 1.54) is 19.4 Å². The first-order valence-corrected chi connectivity index (χ1v) is 3.79. The Morgan fingerprint density at radius 1 is 1.33 bits per heavy atom. The molecule has 2 fully saturated rings. The molecule has 1 aliphatic carbocycles. The third-order valence-corrected chi connectivity index (χ3v) is 2.96. The molecule has 9 heavy (non-hydrogen) atoms. The monoisotopic (exact) mass is 165 g/mol. The predicted octanol–water partition coefficient (Wildman–Crippen LogP) is 1.09. The summed E-state index contributed by atoms with van der Waals surface area (Å²) in [5, 5.41) is 4.15. The van der Waals surface area contributed by atoms with Crippen LogP contribution in [0.25, 0.3) is 0 Å². The molecule has 2 bridgehead atoms. The highest BCUT2D eigenvalue weighted by molar-refractivity contribution is 7.81. The minimum absolute atomic E-state index is 0. The second-order valence-electron chi connectivity index (χ2n) is 2.90. The molecule has 3 unspecified atom stereocenters. The number of rotatable bonds is 0. The Hall–Kier alpha value is 0.600. The SMILES string of the molecule is Cl.SC1CC2CC1CN2. The van der Waals surface area contributed by atoms with Crippen LogP contribution in [-0.4, -0.2) is 17.8 Å². The van der Waals surface area contributed by atoms with Gasteiger partial charge < -0.3 is 5.32 Å². The lowest BCUT2D eigenvalue weighted by atomic mass is 10.1. The molecule has 0 amide bonds. The van der Waals surface area contributed by atoms with Crippen LogP contribution in [0.15, 0.2) is 0 Å². The van der Waals surface area contributed by atoms with Gasteiger partial charge in [0.05, 0.1) is 0 Å². The Labute approximate surface area is 67.4 Å². The van der Waals surface area contributed by atoms with Gasteiger partial charge in [-0.25, -0.2) is 0 Å². The molecule has 0 spiro atoms. The summed E-state index contributed by atoms with van der Waals surface area (Å²) in [6, 6.07) is 0.822. The number of piperidine rings is 1. The first-order valence-electron chi connectivity index (χ1n) is 3.28. The lowest BCUT2D eigenvalue weighted by Gasteiger charge is -2.16. The van der Waals surface area contributed by atoms with Gasteiger partial charge in [0.2, 0.25) is 0 Å². The molecular weight excluding hydrogens is 154 g/mol. The molecule has 0 aromatic heterocycles. The van der Waals surface area contributed by atoms with Gasteiger partial charge in [-0.15, -0.1) is 12.4 Å². The lowest BCUT2D eigenvalue weighted by molar-refractivity contribution is 0.518. The van der Waals surface area contributed by atoms with Gasteiger partial charge in [0.1, 0.15) is 0 Å². The van der Waals surface area contributed by atoms with E-state index in [9.17, 15) is 0 Å². The van der Waals surface area contributed by atoms with E-state index in [1.807, 2.05) is 0 Å². The molecule has 2 aliphatic rings. The molecule has 1 nitrogen and oxygen atoms in total. The fourth-order valence-corrected chi connectivity index (χ4v) is 2.29. The number of hydrogen-bond acceptors (Lipinski definition) is 2. The van der Waals surface area contributed by atoms with Crippen LogP contribution in [0.5, 0.6) is 0 Å². The Morgan fingerprint density at radius 3 is 2.33 bits per heavy atom. The Bertz CT molecular complexity index is 107. The highest BCUT2D eigenvalue weighted by Crippen LogP contribution is 2.34. The number of halogens is 1. The predicted molar refractivity (Wildman–Crippen MR) is 44.5 cm³/mol. The van der Waals surface area contributed by atoms with E-state index in [1.54, 1.807) is 0 Å². The van der Waals surface area contributed by atoms with Gasteiger partial charge in [-0.1, -0.05) is 0 Å². The second-order valence-corrected chi connectivity index (χ2v) is 3.57. The zero-order chi connectivity index (χ0) is 5.56. The van der Waals surface area contributed by atoms with Crippen LogP contribution >= 0.6 is 25.0 Å². The normalized spacial score (nSPS) is 47.0. The highest BCUT2D eigenvalue weighted by atomic mass is 35.5. The topological polar surface area (TPSA) is 12.0 Å². The minimum atomic E-state index is 0. The fourth-order valence-electron chi connectivity index (χ4n) is 1.81. The number of thiol groups is 1. The summed E-state index contributed by atoms with van der Waals surface area (Å²) in [4.78, 5) is 0. The maximum Gasteiger partial charge on any atom is 0.00812 e. The Balaban J connectivity index is 0.000000405. The molecule has 3 atom stereocenters. The third kappa shape index (κ3) is 1.21. The molecule has 1 heterocycles. The van der Waals surface area contributed by atoms with E-state index in [2.05, 4.69) is 17.9 Å². The molecule has 1 aliphatic heterocycles. The Morgan fingerprint density at radius 2 is 2.11 bits per heavy atom. The van der Waals surface area contributed by atoms with Crippen molar-refractivity contribution in [3.63, 3.8) is 0 Å². The molecule has 0 aromatic carbocycles. The van der Waals surface area contributed by atoms with Crippen LogP contribution in [0.4, 0.5) is 0 Å². The van der Waals surface area contributed by atoms with Crippen LogP contribution < -0.4 is 5.32 Å². The summed E-state index contributed by atoms with van der Waals surface area (Å²) in [5.74, 6) is 0.892. The molecule has 3 heteroatoms. The molecule has 1 saturated heterocycles. The molecular formula is C6H12ClNS. The summed E-state index contributed by atoms with van der Waals surface area (Å²) >= 11 is 4.46. The van der Waals surface area contributed by atoms with Crippen molar-refractivity contribution in [2.75, 3.05) is 6.54 Å². The van der Waals surface area contributed by atoms with Crippen LogP contribution in [-0.2, 0) is 0 Å². The standard InChI is InChI=1S/C6H11NS.ClH/c8-6-2-5-1-4(6)3-7-5;/h4-8H,1-3H2;1H. The summed E-state index contributed by atoms with van der Waals surface area (Å²) in [6.07, 6.45) is 2.68. The van der Waals surface area contributed by atoms with Crippen molar-refractivity contribution < 1.29 is 0 Å². The van der Waals surface area contributed by atoms with Crippen LogP contribution in [0.3, 0.4) is 0 Å². The second kappa shape index (κ2) is 2.69. The van der Waals surface area contributed by atoms with Crippen molar-refractivity contribution >= 4 is 25.0 Å². The van der Waals surface area contributed by atoms with E-state index < -0.39 is 0 Å². The van der Waals surface area contributed by atoms with E-state index >= 15 is 0 Å². The smallest absolute Gasteiger partial charge is 0.00812 e. The largest absolute Gasteiger partial charge is 0.314 e. The van der Waals surface area contributed by atoms with Gasteiger partial charge in [0.25, 0.3) is 0 Å². The summed E-state index contributed by atoms with van der Waals surface area (Å²) in [7, 11) is 0. The van der Waals surface area contributed by atoms with Crippen molar-refractivity contribution in [3.8, 4) is 0 Å². The number of fused-ring (bicyclic) bond motifs is 2. The summed E-state index contributed by atoms with van der Waals surface area (Å²) < 4.78 is 0. The van der Waals surface area contributed by atoms with Crippen molar-refractivity contribution in [3.05, 3.63) is 0 Å². The summed E-state index contributed by atoms with van der Waals surface area (Å²) in [6.45, 7) is 1.22. The molecule has 2 rings (SSSR count). The molecule has 1 saturated carbocycles. The quantitative estimate of drug-likeness (QED) is 0.513. The number of hydrogen-bond donors (Lipinski definition) is 2. The first kappa shape index (κ1) is 7.70.